The molecule has 3 aliphatic heterocycles. The number of rotatable bonds is 0. The van der Waals surface area contributed by atoms with Crippen molar-refractivity contribution in [2.45, 2.75) is 0 Å². The van der Waals surface area contributed by atoms with Crippen LogP contribution >= 0.6 is 0 Å². The Balaban J connectivity index is 0. The summed E-state index contributed by atoms with van der Waals surface area (Å²) in [6.45, 7) is 7.92. The van der Waals surface area contributed by atoms with E-state index in [1.54, 1.807) is 0 Å². The standard InChI is InChI=1S/C6H12N2.2B.Zn/c1-2-8-5-3-7(1)4-6-8;;;/h1-6H2;;;/q;2*-1;+2. The molecule has 8 radical (unpaired) electrons. The largest absolute Gasteiger partial charge is 2.00 e. The van der Waals surface area contributed by atoms with E-state index in [0.717, 1.165) is 0 Å². The second kappa shape index (κ2) is 6.22. The normalized spacial score (nSPS) is 32.7. The van der Waals surface area contributed by atoms with Crippen LogP contribution in [0.2, 0.25) is 0 Å². The summed E-state index contributed by atoms with van der Waals surface area (Å²) in [5, 5.41) is 0. The Labute approximate surface area is 85.6 Å². The molecule has 0 aromatic carbocycles. The van der Waals surface area contributed by atoms with Crippen LogP contribution in [-0.4, -0.2) is 65.9 Å². The van der Waals surface area contributed by atoms with E-state index in [4.69, 9.17) is 0 Å². The van der Waals surface area contributed by atoms with Crippen LogP contribution in [0, 0.1) is 0 Å². The van der Waals surface area contributed by atoms with Gasteiger partial charge in [0.1, 0.15) is 0 Å². The Morgan fingerprint density at radius 2 is 0.727 bits per heavy atom. The predicted octanol–water partition coefficient (Wildman–Crippen LogP) is -1.15. The molecule has 3 heterocycles. The van der Waals surface area contributed by atoms with Crippen LogP contribution in [0.3, 0.4) is 0 Å². The van der Waals surface area contributed by atoms with Crippen LogP contribution in [0.1, 0.15) is 0 Å². The number of hydrogen-bond donors (Lipinski definition) is 0. The second-order valence-electron chi connectivity index (χ2n) is 2.68. The Kier molecular flexibility index (Phi) is 8.03. The van der Waals surface area contributed by atoms with Crippen molar-refractivity contribution in [1.29, 1.82) is 0 Å². The number of nitrogens with zero attached hydrogens (tertiary/aromatic N) is 2. The van der Waals surface area contributed by atoms with E-state index in [9.17, 15) is 0 Å². The van der Waals surface area contributed by atoms with E-state index in [0.29, 0.717) is 0 Å². The summed E-state index contributed by atoms with van der Waals surface area (Å²) in [6.07, 6.45) is 0. The molecule has 0 spiro atoms. The zero-order chi connectivity index (χ0) is 5.40. The van der Waals surface area contributed by atoms with Crippen molar-refractivity contribution < 1.29 is 19.5 Å². The zero-order valence-electron chi connectivity index (χ0n) is 7.00. The molecule has 0 amide bonds. The third kappa shape index (κ3) is 3.27. The molecule has 3 saturated heterocycles. The molecule has 3 aliphatic rings. The van der Waals surface area contributed by atoms with Crippen LogP contribution in [0.5, 0.6) is 0 Å². The van der Waals surface area contributed by atoms with Gasteiger partial charge in [-0.25, -0.2) is 0 Å². The fraction of sp³-hybridized carbons (Fsp3) is 1.00. The third-order valence-electron chi connectivity index (χ3n) is 2.20. The van der Waals surface area contributed by atoms with Gasteiger partial charge in [-0.1, -0.05) is 0 Å². The van der Waals surface area contributed by atoms with Crippen LogP contribution < -0.4 is 0 Å². The number of fused-ring (bicyclic) bond motifs is 3. The Hall–Kier alpha value is 0.673. The minimum Gasteiger partial charge on any atom is -1.00 e. The Bertz CT molecular complexity index is 73.6. The first-order chi connectivity index (χ1) is 3.95. The summed E-state index contributed by atoms with van der Waals surface area (Å²) in [6, 6.07) is 0. The summed E-state index contributed by atoms with van der Waals surface area (Å²) in [5.41, 5.74) is 0. The number of hydrogen-bond acceptors (Lipinski definition) is 2. The van der Waals surface area contributed by atoms with Gasteiger partial charge in [0.15, 0.2) is 0 Å². The average Bonchev–Trinajstić information content (AvgIpc) is 1.92. The molecule has 0 aliphatic carbocycles. The van der Waals surface area contributed by atoms with E-state index in [-0.39, 0.29) is 36.3 Å². The molecule has 0 aromatic rings. The molecular formula is C6H12B2N2Zn. The van der Waals surface area contributed by atoms with E-state index < -0.39 is 0 Å². The van der Waals surface area contributed by atoms with Gasteiger partial charge in [0.2, 0.25) is 0 Å². The Morgan fingerprint density at radius 3 is 0.818 bits per heavy atom. The van der Waals surface area contributed by atoms with E-state index >= 15 is 0 Å². The van der Waals surface area contributed by atoms with E-state index in [1.807, 2.05) is 0 Å². The minimum atomic E-state index is 0. The van der Waals surface area contributed by atoms with Gasteiger partial charge >= 0.3 is 19.5 Å². The third-order valence-corrected chi connectivity index (χ3v) is 2.20. The van der Waals surface area contributed by atoms with Gasteiger partial charge in [0.05, 0.1) is 0 Å². The zero-order valence-corrected chi connectivity index (χ0v) is 9.97. The maximum Gasteiger partial charge on any atom is 2.00 e. The van der Waals surface area contributed by atoms with Crippen molar-refractivity contribution in [2.24, 2.45) is 0 Å². The van der Waals surface area contributed by atoms with Gasteiger partial charge in [0, 0.05) is 39.3 Å². The quantitative estimate of drug-likeness (QED) is 0.455. The smallest absolute Gasteiger partial charge is 1.00 e. The second-order valence-corrected chi connectivity index (χ2v) is 2.68. The van der Waals surface area contributed by atoms with E-state index in [2.05, 4.69) is 9.80 Å². The van der Waals surface area contributed by atoms with Crippen molar-refractivity contribution in [3.63, 3.8) is 0 Å². The molecule has 0 unspecified atom stereocenters. The molecule has 5 heteroatoms. The first-order valence-electron chi connectivity index (χ1n) is 3.40. The Morgan fingerprint density at radius 1 is 0.545 bits per heavy atom. The first-order valence-corrected chi connectivity index (χ1v) is 3.40. The van der Waals surface area contributed by atoms with Crippen LogP contribution in [0.15, 0.2) is 0 Å². The van der Waals surface area contributed by atoms with Gasteiger partial charge in [0.25, 0.3) is 0 Å². The monoisotopic (exact) mass is 198 g/mol. The van der Waals surface area contributed by atoms with E-state index in [1.165, 1.54) is 39.3 Å². The van der Waals surface area contributed by atoms with Gasteiger partial charge < -0.3 is 16.8 Å². The molecule has 11 heavy (non-hydrogen) atoms. The average molecular weight is 199 g/mol. The van der Waals surface area contributed by atoms with Crippen molar-refractivity contribution in [3.05, 3.63) is 0 Å². The fourth-order valence-electron chi connectivity index (χ4n) is 1.52. The number of piperazine rings is 3. The molecule has 2 nitrogen and oxygen atoms in total. The maximum absolute atomic E-state index is 2.54. The van der Waals surface area contributed by atoms with Crippen molar-refractivity contribution in [2.75, 3.05) is 39.3 Å². The van der Waals surface area contributed by atoms with Gasteiger partial charge in [-0.3, -0.25) is 9.80 Å². The van der Waals surface area contributed by atoms with Gasteiger partial charge in [-0.15, -0.1) is 0 Å². The topological polar surface area (TPSA) is 6.48 Å². The molecule has 0 atom stereocenters. The van der Waals surface area contributed by atoms with Crippen LogP contribution in [0.4, 0.5) is 0 Å². The summed E-state index contributed by atoms with van der Waals surface area (Å²) >= 11 is 0. The molecule has 2 bridgehead atoms. The fourth-order valence-corrected chi connectivity index (χ4v) is 1.52. The summed E-state index contributed by atoms with van der Waals surface area (Å²) in [7, 11) is 0. The predicted molar refractivity (Wildman–Crippen MR) is 44.4 cm³/mol. The molecule has 0 aromatic heterocycles. The van der Waals surface area contributed by atoms with Crippen molar-refractivity contribution >= 4 is 16.8 Å². The van der Waals surface area contributed by atoms with Crippen LogP contribution in [0.25, 0.3) is 0 Å². The minimum absolute atomic E-state index is 0. The van der Waals surface area contributed by atoms with Crippen molar-refractivity contribution in [3.8, 4) is 0 Å². The van der Waals surface area contributed by atoms with Gasteiger partial charge in [-0.05, 0) is 0 Å². The summed E-state index contributed by atoms with van der Waals surface area (Å²) in [5.74, 6) is 0. The summed E-state index contributed by atoms with van der Waals surface area (Å²) < 4.78 is 0. The van der Waals surface area contributed by atoms with Crippen LogP contribution in [-0.2, 0) is 19.5 Å². The summed E-state index contributed by atoms with van der Waals surface area (Å²) in [4.78, 5) is 5.08. The molecule has 54 valence electrons. The van der Waals surface area contributed by atoms with Gasteiger partial charge in [-0.2, -0.15) is 0 Å². The molecular weight excluding hydrogens is 187 g/mol. The first kappa shape index (κ1) is 14.2. The molecule has 0 saturated carbocycles. The molecule has 0 N–H and O–H groups in total. The maximum atomic E-state index is 2.54. The molecule has 3 fully saturated rings. The SMILES string of the molecule is C1CN2CCN1CC2.[B-].[B-].[Zn+2]. The van der Waals surface area contributed by atoms with Crippen molar-refractivity contribution in [1.82, 2.24) is 9.80 Å². The molecule has 3 rings (SSSR count).